The summed E-state index contributed by atoms with van der Waals surface area (Å²) in [5, 5.41) is 0. The largest absolute Gasteiger partial charge is 0.399 e. The molecule has 2 heterocycles. The second-order valence-corrected chi connectivity index (χ2v) is 6.04. The van der Waals surface area contributed by atoms with Gasteiger partial charge in [0.25, 0.3) is 5.91 Å². The lowest BCUT2D eigenvalue weighted by atomic mass is 10.1. The van der Waals surface area contributed by atoms with Crippen molar-refractivity contribution in [3.63, 3.8) is 0 Å². The van der Waals surface area contributed by atoms with Crippen molar-refractivity contribution in [1.82, 2.24) is 9.88 Å². The van der Waals surface area contributed by atoms with Crippen LogP contribution in [0.2, 0.25) is 0 Å². The average molecular weight is 346 g/mol. The highest BCUT2D eigenvalue weighted by Crippen LogP contribution is 2.34. The van der Waals surface area contributed by atoms with Gasteiger partial charge in [-0.05, 0) is 58.6 Å². The summed E-state index contributed by atoms with van der Waals surface area (Å²) in [5.41, 5.74) is 8.11. The van der Waals surface area contributed by atoms with Crippen molar-refractivity contribution < 1.29 is 4.79 Å². The van der Waals surface area contributed by atoms with Gasteiger partial charge in [-0.1, -0.05) is 6.07 Å². The number of carbonyl (C=O) groups is 1. The Balaban J connectivity index is 1.92. The fourth-order valence-corrected chi connectivity index (χ4v) is 3.21. The lowest BCUT2D eigenvalue weighted by Gasteiger charge is -2.25. The number of hydrogen-bond donors (Lipinski definition) is 1. The van der Waals surface area contributed by atoms with E-state index in [-0.39, 0.29) is 11.9 Å². The number of hydrogen-bond acceptors (Lipinski definition) is 3. The van der Waals surface area contributed by atoms with Crippen LogP contribution in [0, 0.1) is 0 Å². The molecule has 108 valence electrons. The van der Waals surface area contributed by atoms with E-state index in [0.29, 0.717) is 11.3 Å². The molecule has 0 radical (unpaired) electrons. The third-order valence-electron chi connectivity index (χ3n) is 3.80. The minimum absolute atomic E-state index is 0.0144. The maximum absolute atomic E-state index is 12.8. The fourth-order valence-electron chi connectivity index (χ4n) is 2.79. The van der Waals surface area contributed by atoms with Gasteiger partial charge in [-0.25, -0.2) is 0 Å². The molecule has 1 aliphatic heterocycles. The highest BCUT2D eigenvalue weighted by molar-refractivity contribution is 9.10. The molecule has 1 atom stereocenters. The maximum Gasteiger partial charge on any atom is 0.255 e. The molecule has 21 heavy (non-hydrogen) atoms. The summed E-state index contributed by atoms with van der Waals surface area (Å²) < 4.78 is 0.776. The van der Waals surface area contributed by atoms with Crippen LogP contribution < -0.4 is 5.73 Å². The Morgan fingerprint density at radius 1 is 1.38 bits per heavy atom. The third-order valence-corrected chi connectivity index (χ3v) is 4.50. The van der Waals surface area contributed by atoms with Crippen LogP contribution in [0.3, 0.4) is 0 Å². The van der Waals surface area contributed by atoms with E-state index < -0.39 is 0 Å². The zero-order valence-electron chi connectivity index (χ0n) is 11.5. The Kier molecular flexibility index (Phi) is 3.92. The van der Waals surface area contributed by atoms with Crippen LogP contribution in [0.25, 0.3) is 0 Å². The predicted octanol–water partition coefficient (Wildman–Crippen LogP) is 3.40. The van der Waals surface area contributed by atoms with Gasteiger partial charge in [-0.2, -0.15) is 0 Å². The van der Waals surface area contributed by atoms with Gasteiger partial charge in [0.1, 0.15) is 0 Å². The van der Waals surface area contributed by atoms with E-state index >= 15 is 0 Å². The van der Waals surface area contributed by atoms with Gasteiger partial charge in [-0.15, -0.1) is 0 Å². The van der Waals surface area contributed by atoms with Gasteiger partial charge in [0.15, 0.2) is 0 Å². The van der Waals surface area contributed by atoms with Crippen LogP contribution in [0.5, 0.6) is 0 Å². The Bertz CT molecular complexity index is 660. The van der Waals surface area contributed by atoms with Crippen LogP contribution in [0.15, 0.2) is 47.2 Å². The molecule has 0 saturated carbocycles. The monoisotopic (exact) mass is 345 g/mol. The molecule has 1 aromatic carbocycles. The smallest absolute Gasteiger partial charge is 0.255 e. The standard InChI is InChI=1S/C16H16BrN3O/c17-14-6-5-12(18)9-13(14)16(21)20-8-2-4-15(20)11-3-1-7-19-10-11/h1,3,5-7,9-10,15H,2,4,8,18H2. The summed E-state index contributed by atoms with van der Waals surface area (Å²) in [5.74, 6) is 0.0144. The fraction of sp³-hybridized carbons (Fsp3) is 0.250. The first-order valence-corrected chi connectivity index (χ1v) is 7.72. The number of likely N-dealkylation sites (tertiary alicyclic amines) is 1. The van der Waals surface area contributed by atoms with E-state index in [1.807, 2.05) is 29.3 Å². The minimum atomic E-state index is 0.0144. The number of aromatic nitrogens is 1. The average Bonchev–Trinajstić information content (AvgIpc) is 2.99. The lowest BCUT2D eigenvalue weighted by Crippen LogP contribution is -2.30. The van der Waals surface area contributed by atoms with Crippen LogP contribution in [-0.4, -0.2) is 22.3 Å². The molecule has 1 fully saturated rings. The topological polar surface area (TPSA) is 59.2 Å². The number of halogens is 1. The molecule has 1 aliphatic rings. The normalized spacial score (nSPS) is 18.0. The third kappa shape index (κ3) is 2.78. The second-order valence-electron chi connectivity index (χ2n) is 5.18. The Labute approximate surface area is 132 Å². The minimum Gasteiger partial charge on any atom is -0.399 e. The van der Waals surface area contributed by atoms with Gasteiger partial charge in [0.05, 0.1) is 11.6 Å². The summed E-state index contributed by atoms with van der Waals surface area (Å²) in [4.78, 5) is 18.9. The predicted molar refractivity (Wildman–Crippen MR) is 85.8 cm³/mol. The van der Waals surface area contributed by atoms with E-state index in [1.54, 1.807) is 18.3 Å². The molecule has 4 nitrogen and oxygen atoms in total. The Morgan fingerprint density at radius 2 is 2.24 bits per heavy atom. The van der Waals surface area contributed by atoms with Gasteiger partial charge in [0, 0.05) is 29.1 Å². The number of nitrogens with zero attached hydrogens (tertiary/aromatic N) is 2. The van der Waals surface area contributed by atoms with E-state index in [1.165, 1.54) is 0 Å². The second kappa shape index (κ2) is 5.85. The van der Waals surface area contributed by atoms with Gasteiger partial charge in [-0.3, -0.25) is 9.78 Å². The SMILES string of the molecule is Nc1ccc(Br)c(C(=O)N2CCCC2c2cccnc2)c1. The molecule has 0 bridgehead atoms. The van der Waals surface area contributed by atoms with Gasteiger partial charge >= 0.3 is 0 Å². The summed E-state index contributed by atoms with van der Waals surface area (Å²) in [7, 11) is 0. The summed E-state index contributed by atoms with van der Waals surface area (Å²) in [6.45, 7) is 0.764. The molecule has 0 spiro atoms. The van der Waals surface area contributed by atoms with E-state index in [2.05, 4.69) is 20.9 Å². The summed E-state index contributed by atoms with van der Waals surface area (Å²) in [6.07, 6.45) is 5.56. The van der Waals surface area contributed by atoms with Crippen LogP contribution in [0.1, 0.15) is 34.8 Å². The van der Waals surface area contributed by atoms with Crippen molar-refractivity contribution in [2.24, 2.45) is 0 Å². The van der Waals surface area contributed by atoms with Crippen molar-refractivity contribution in [1.29, 1.82) is 0 Å². The van der Waals surface area contributed by atoms with E-state index in [4.69, 9.17) is 5.73 Å². The van der Waals surface area contributed by atoms with Gasteiger partial charge < -0.3 is 10.6 Å². The van der Waals surface area contributed by atoms with Crippen molar-refractivity contribution >= 4 is 27.5 Å². The lowest BCUT2D eigenvalue weighted by molar-refractivity contribution is 0.0734. The Morgan fingerprint density at radius 3 is 3.00 bits per heavy atom. The number of nitrogens with two attached hydrogens (primary N) is 1. The Hall–Kier alpha value is -1.88. The summed E-state index contributed by atoms with van der Waals surface area (Å²) >= 11 is 3.44. The first-order valence-electron chi connectivity index (χ1n) is 6.93. The molecule has 1 aromatic heterocycles. The molecule has 3 rings (SSSR count). The number of benzene rings is 1. The quantitative estimate of drug-likeness (QED) is 0.848. The van der Waals surface area contributed by atoms with Gasteiger partial charge in [0.2, 0.25) is 0 Å². The summed E-state index contributed by atoms with van der Waals surface area (Å²) in [6, 6.07) is 9.36. The molecule has 1 unspecified atom stereocenters. The molecule has 2 N–H and O–H groups in total. The van der Waals surface area contributed by atoms with E-state index in [9.17, 15) is 4.79 Å². The number of nitrogen functional groups attached to an aromatic ring is 1. The molecular weight excluding hydrogens is 330 g/mol. The molecular formula is C16H16BrN3O. The van der Waals surface area contributed by atoms with Crippen LogP contribution in [0.4, 0.5) is 5.69 Å². The molecule has 0 aliphatic carbocycles. The molecule has 1 saturated heterocycles. The first-order chi connectivity index (χ1) is 10.2. The van der Waals surface area contributed by atoms with Crippen LogP contribution >= 0.6 is 15.9 Å². The zero-order valence-corrected chi connectivity index (χ0v) is 13.1. The number of pyridine rings is 1. The van der Waals surface area contributed by atoms with Crippen molar-refractivity contribution in [2.75, 3.05) is 12.3 Å². The number of anilines is 1. The number of amides is 1. The zero-order chi connectivity index (χ0) is 14.8. The molecule has 2 aromatic rings. The van der Waals surface area contributed by atoms with Crippen molar-refractivity contribution in [3.05, 3.63) is 58.3 Å². The highest BCUT2D eigenvalue weighted by atomic mass is 79.9. The number of rotatable bonds is 2. The van der Waals surface area contributed by atoms with Crippen LogP contribution in [-0.2, 0) is 0 Å². The highest BCUT2D eigenvalue weighted by Gasteiger charge is 2.31. The molecule has 5 heteroatoms. The maximum atomic E-state index is 12.8. The first kappa shape index (κ1) is 14.1. The number of carbonyl (C=O) groups excluding carboxylic acids is 1. The van der Waals surface area contributed by atoms with Crippen molar-refractivity contribution in [3.8, 4) is 0 Å². The molecule has 1 amide bonds. The van der Waals surface area contributed by atoms with E-state index in [0.717, 1.165) is 29.4 Å². The van der Waals surface area contributed by atoms with Crippen molar-refractivity contribution in [2.45, 2.75) is 18.9 Å².